The number of esters is 1. The molecule has 3 aromatic carbocycles. The Kier molecular flexibility index (Phi) is 8.89. The van der Waals surface area contributed by atoms with E-state index >= 15 is 0 Å². The van der Waals surface area contributed by atoms with E-state index in [1.807, 2.05) is 57.2 Å². The fourth-order valence-corrected chi connectivity index (χ4v) is 4.65. The van der Waals surface area contributed by atoms with Crippen LogP contribution in [0.25, 0.3) is 10.8 Å². The smallest absolute Gasteiger partial charge is 0.410 e. The van der Waals surface area contributed by atoms with Crippen LogP contribution in [0.2, 0.25) is 0 Å². The van der Waals surface area contributed by atoms with Gasteiger partial charge in [-0.1, -0.05) is 48.5 Å². The van der Waals surface area contributed by atoms with Gasteiger partial charge in [0.1, 0.15) is 11.4 Å². The summed E-state index contributed by atoms with van der Waals surface area (Å²) in [5.41, 5.74) is 1.62. The molecule has 4 rings (SSSR count). The van der Waals surface area contributed by atoms with E-state index in [0.29, 0.717) is 32.1 Å². The van der Waals surface area contributed by atoms with Gasteiger partial charge in [0.15, 0.2) is 6.61 Å². The third-order valence-corrected chi connectivity index (χ3v) is 6.46. The third-order valence-electron chi connectivity index (χ3n) is 6.46. The summed E-state index contributed by atoms with van der Waals surface area (Å²) < 4.78 is 22.6. The minimum atomic E-state index is -0.561. The average Bonchev–Trinajstić information content (AvgIpc) is 2.90. The molecule has 0 N–H and O–H groups in total. The molecular formula is C31H37NO6. The van der Waals surface area contributed by atoms with E-state index < -0.39 is 11.6 Å². The first-order valence-electron chi connectivity index (χ1n) is 13.2. The molecule has 0 bridgehead atoms. The SMILES string of the molecule is CCOC(=O)COc1ccc(C2CCN(C(=O)OC(C)(C)C)CC2OCc2ccc3ccccc3c2)cc1. The van der Waals surface area contributed by atoms with Crippen molar-refractivity contribution >= 4 is 22.8 Å². The van der Waals surface area contributed by atoms with Crippen molar-refractivity contribution in [2.45, 2.75) is 58.3 Å². The summed E-state index contributed by atoms with van der Waals surface area (Å²) in [7, 11) is 0. The molecule has 0 saturated carbocycles. The molecule has 2 unspecified atom stereocenters. The topological polar surface area (TPSA) is 74.3 Å². The number of ether oxygens (including phenoxy) is 4. The van der Waals surface area contributed by atoms with E-state index in [1.54, 1.807) is 11.8 Å². The predicted octanol–water partition coefficient (Wildman–Crippen LogP) is 6.09. The fourth-order valence-electron chi connectivity index (χ4n) is 4.65. The highest BCUT2D eigenvalue weighted by Gasteiger charge is 2.35. The summed E-state index contributed by atoms with van der Waals surface area (Å²) in [5.74, 6) is 0.295. The molecule has 7 nitrogen and oxygen atoms in total. The molecular weight excluding hydrogens is 482 g/mol. The van der Waals surface area contributed by atoms with Gasteiger partial charge in [-0.3, -0.25) is 0 Å². The Morgan fingerprint density at radius 3 is 2.42 bits per heavy atom. The average molecular weight is 520 g/mol. The van der Waals surface area contributed by atoms with Crippen molar-refractivity contribution in [3.05, 3.63) is 77.9 Å². The summed E-state index contributed by atoms with van der Waals surface area (Å²) in [4.78, 5) is 26.2. The Hall–Kier alpha value is -3.58. The van der Waals surface area contributed by atoms with Gasteiger partial charge in [0.2, 0.25) is 0 Å². The Morgan fingerprint density at radius 2 is 1.71 bits per heavy atom. The molecule has 3 aromatic rings. The first kappa shape index (κ1) is 27.5. The number of amides is 1. The number of nitrogens with zero attached hydrogens (tertiary/aromatic N) is 1. The maximum atomic E-state index is 12.8. The van der Waals surface area contributed by atoms with E-state index in [0.717, 1.165) is 17.5 Å². The van der Waals surface area contributed by atoms with Gasteiger partial charge in [-0.05, 0) is 74.2 Å². The van der Waals surface area contributed by atoms with E-state index in [-0.39, 0.29) is 24.7 Å². The molecule has 38 heavy (non-hydrogen) atoms. The minimum Gasteiger partial charge on any atom is -0.482 e. The lowest BCUT2D eigenvalue weighted by Crippen LogP contribution is -2.48. The zero-order valence-corrected chi connectivity index (χ0v) is 22.6. The van der Waals surface area contributed by atoms with Gasteiger partial charge in [0.05, 0.1) is 25.9 Å². The number of carbonyl (C=O) groups is 2. The highest BCUT2D eigenvalue weighted by Crippen LogP contribution is 2.33. The van der Waals surface area contributed by atoms with Gasteiger partial charge in [-0.15, -0.1) is 0 Å². The van der Waals surface area contributed by atoms with Gasteiger partial charge in [-0.25, -0.2) is 9.59 Å². The number of hydrogen-bond acceptors (Lipinski definition) is 6. The van der Waals surface area contributed by atoms with Crippen molar-refractivity contribution in [3.63, 3.8) is 0 Å². The lowest BCUT2D eigenvalue weighted by Gasteiger charge is -2.39. The molecule has 202 valence electrons. The lowest BCUT2D eigenvalue weighted by molar-refractivity contribution is -0.145. The predicted molar refractivity (Wildman–Crippen MR) is 146 cm³/mol. The summed E-state index contributed by atoms with van der Waals surface area (Å²) >= 11 is 0. The Balaban J connectivity index is 1.47. The molecule has 0 aromatic heterocycles. The summed E-state index contributed by atoms with van der Waals surface area (Å²) in [6.45, 7) is 9.03. The quantitative estimate of drug-likeness (QED) is 0.335. The zero-order chi connectivity index (χ0) is 27.1. The van der Waals surface area contributed by atoms with Crippen molar-refractivity contribution in [1.82, 2.24) is 4.90 Å². The number of hydrogen-bond donors (Lipinski definition) is 0. The van der Waals surface area contributed by atoms with Crippen LogP contribution in [0.15, 0.2) is 66.7 Å². The van der Waals surface area contributed by atoms with Crippen molar-refractivity contribution in [1.29, 1.82) is 0 Å². The maximum Gasteiger partial charge on any atom is 0.410 e. The van der Waals surface area contributed by atoms with Crippen LogP contribution in [0.5, 0.6) is 5.75 Å². The van der Waals surface area contributed by atoms with Gasteiger partial charge in [0.25, 0.3) is 0 Å². The van der Waals surface area contributed by atoms with E-state index in [9.17, 15) is 9.59 Å². The van der Waals surface area contributed by atoms with Crippen molar-refractivity contribution in [2.24, 2.45) is 0 Å². The van der Waals surface area contributed by atoms with Gasteiger partial charge in [0, 0.05) is 12.5 Å². The second-order valence-electron chi connectivity index (χ2n) is 10.5. The Bertz CT molecular complexity index is 1230. The molecule has 1 fully saturated rings. The number of likely N-dealkylation sites (tertiary alicyclic amines) is 1. The van der Waals surface area contributed by atoms with Gasteiger partial charge < -0.3 is 23.8 Å². The van der Waals surface area contributed by atoms with Crippen LogP contribution in [-0.2, 0) is 25.6 Å². The highest BCUT2D eigenvalue weighted by atomic mass is 16.6. The molecule has 1 amide bonds. The highest BCUT2D eigenvalue weighted by molar-refractivity contribution is 5.82. The first-order valence-corrected chi connectivity index (χ1v) is 13.2. The van der Waals surface area contributed by atoms with E-state index in [1.165, 1.54) is 10.8 Å². The monoisotopic (exact) mass is 519 g/mol. The molecule has 7 heteroatoms. The third kappa shape index (κ3) is 7.48. The maximum absolute atomic E-state index is 12.8. The Morgan fingerprint density at radius 1 is 0.974 bits per heavy atom. The molecule has 2 atom stereocenters. The molecule has 0 spiro atoms. The van der Waals surface area contributed by atoms with Crippen LogP contribution in [0.1, 0.15) is 51.2 Å². The van der Waals surface area contributed by atoms with E-state index in [2.05, 4.69) is 30.3 Å². The van der Waals surface area contributed by atoms with Crippen molar-refractivity contribution < 1.29 is 28.5 Å². The minimum absolute atomic E-state index is 0.0910. The molecule has 0 radical (unpaired) electrons. The van der Waals surface area contributed by atoms with Crippen molar-refractivity contribution in [3.8, 4) is 5.75 Å². The summed E-state index contributed by atoms with van der Waals surface area (Å²) in [6, 6.07) is 22.3. The number of piperidine rings is 1. The lowest BCUT2D eigenvalue weighted by atomic mass is 9.87. The Labute approximate surface area is 224 Å². The van der Waals surface area contributed by atoms with E-state index in [4.69, 9.17) is 18.9 Å². The molecule has 1 heterocycles. The number of benzene rings is 3. The van der Waals surface area contributed by atoms with Crippen LogP contribution in [-0.4, -0.2) is 55.0 Å². The number of carbonyl (C=O) groups excluding carboxylic acids is 2. The first-order chi connectivity index (χ1) is 18.2. The number of fused-ring (bicyclic) bond motifs is 1. The second-order valence-corrected chi connectivity index (χ2v) is 10.5. The molecule has 1 aliphatic rings. The number of rotatable bonds is 8. The van der Waals surface area contributed by atoms with Crippen LogP contribution < -0.4 is 4.74 Å². The standard InChI is InChI=1S/C31H37NO6/c1-5-35-29(33)21-36-26-14-12-24(13-15-26)27-16-17-32(30(34)38-31(2,3)4)19-28(27)37-20-22-10-11-23-8-6-7-9-25(23)18-22/h6-15,18,27-28H,5,16-17,19-21H2,1-4H3. The van der Waals surface area contributed by atoms with Crippen LogP contribution in [0.4, 0.5) is 4.79 Å². The largest absolute Gasteiger partial charge is 0.482 e. The van der Waals surface area contributed by atoms with Crippen LogP contribution >= 0.6 is 0 Å². The van der Waals surface area contributed by atoms with Crippen molar-refractivity contribution in [2.75, 3.05) is 26.3 Å². The molecule has 1 saturated heterocycles. The summed E-state index contributed by atoms with van der Waals surface area (Å²) in [6.07, 6.45) is 0.206. The molecule has 1 aliphatic heterocycles. The second kappa shape index (κ2) is 12.3. The fraction of sp³-hybridized carbons (Fsp3) is 0.419. The zero-order valence-electron chi connectivity index (χ0n) is 22.6. The van der Waals surface area contributed by atoms with Gasteiger partial charge in [-0.2, -0.15) is 0 Å². The van der Waals surface area contributed by atoms with Gasteiger partial charge >= 0.3 is 12.1 Å². The van der Waals surface area contributed by atoms with Crippen LogP contribution in [0.3, 0.4) is 0 Å². The summed E-state index contributed by atoms with van der Waals surface area (Å²) in [5, 5.41) is 2.36. The normalized spacial score (nSPS) is 17.7. The van der Waals surface area contributed by atoms with Crippen LogP contribution in [0, 0.1) is 0 Å². The molecule has 0 aliphatic carbocycles.